The number of nitrogens with zero attached hydrogens (tertiary/aromatic N) is 2. The van der Waals surface area contributed by atoms with Gasteiger partial charge in [0, 0.05) is 31.5 Å². The van der Waals surface area contributed by atoms with Gasteiger partial charge in [0.15, 0.2) is 5.16 Å². The number of hydrogen-bond acceptors (Lipinski definition) is 4. The second-order valence-corrected chi connectivity index (χ2v) is 7.91. The van der Waals surface area contributed by atoms with Crippen LogP contribution in [0, 0.1) is 12.7 Å². The van der Waals surface area contributed by atoms with Gasteiger partial charge in [-0.1, -0.05) is 11.8 Å². The fraction of sp³-hybridized carbons (Fsp3) is 0.357. The van der Waals surface area contributed by atoms with Gasteiger partial charge in [0.25, 0.3) is 0 Å². The van der Waals surface area contributed by atoms with E-state index in [-0.39, 0.29) is 11.4 Å². The number of halogens is 1. The summed E-state index contributed by atoms with van der Waals surface area (Å²) in [6.07, 6.45) is 2.49. The lowest BCUT2D eigenvalue weighted by Crippen LogP contribution is -2.26. The van der Waals surface area contributed by atoms with Gasteiger partial charge >= 0.3 is 0 Å². The number of nitrogens with one attached hydrogen (secondary N) is 1. The summed E-state index contributed by atoms with van der Waals surface area (Å²) in [7, 11) is -3.63. The van der Waals surface area contributed by atoms with Crippen molar-refractivity contribution in [2.75, 3.05) is 12.3 Å². The summed E-state index contributed by atoms with van der Waals surface area (Å²) in [4.78, 5) is 4.56. The first kappa shape index (κ1) is 15.5. The molecule has 1 aromatic heterocycles. The van der Waals surface area contributed by atoms with Crippen molar-refractivity contribution in [3.63, 3.8) is 0 Å². The lowest BCUT2D eigenvalue weighted by molar-refractivity contribution is 0.579. The molecule has 0 fully saturated rings. The number of imidazole rings is 1. The van der Waals surface area contributed by atoms with Crippen molar-refractivity contribution >= 4 is 21.8 Å². The summed E-state index contributed by atoms with van der Waals surface area (Å²) >= 11 is 1.71. The van der Waals surface area contributed by atoms with Crippen LogP contribution < -0.4 is 4.72 Å². The first-order chi connectivity index (χ1) is 10.5. The Kier molecular flexibility index (Phi) is 4.24. The minimum atomic E-state index is -3.63. The van der Waals surface area contributed by atoms with E-state index < -0.39 is 15.8 Å². The molecule has 0 bridgehead atoms. The predicted molar refractivity (Wildman–Crippen MR) is 83.0 cm³/mol. The van der Waals surface area contributed by atoms with Crippen LogP contribution in [0.4, 0.5) is 4.39 Å². The average molecular weight is 341 g/mol. The monoisotopic (exact) mass is 341 g/mol. The summed E-state index contributed by atoms with van der Waals surface area (Å²) < 4.78 is 42.1. The molecule has 1 aliphatic heterocycles. The van der Waals surface area contributed by atoms with Crippen molar-refractivity contribution in [2.24, 2.45) is 0 Å². The van der Waals surface area contributed by atoms with Gasteiger partial charge in [-0.05, 0) is 30.7 Å². The number of thioether (sulfide) groups is 1. The maximum absolute atomic E-state index is 13.1. The Labute approximate surface area is 133 Å². The van der Waals surface area contributed by atoms with E-state index in [4.69, 9.17) is 0 Å². The third kappa shape index (κ3) is 3.18. The zero-order chi connectivity index (χ0) is 15.7. The minimum Gasteiger partial charge on any atom is -0.325 e. The van der Waals surface area contributed by atoms with Crippen LogP contribution in [0.25, 0.3) is 0 Å². The van der Waals surface area contributed by atoms with Crippen LogP contribution in [-0.4, -0.2) is 30.3 Å². The number of benzene rings is 1. The Bertz CT molecular complexity index is 781. The van der Waals surface area contributed by atoms with E-state index in [9.17, 15) is 12.8 Å². The summed E-state index contributed by atoms with van der Waals surface area (Å²) in [5, 5.41) is 0.993. The third-order valence-electron chi connectivity index (χ3n) is 3.45. The van der Waals surface area contributed by atoms with Crippen molar-refractivity contribution in [2.45, 2.75) is 29.9 Å². The van der Waals surface area contributed by atoms with E-state index in [1.54, 1.807) is 18.7 Å². The molecule has 3 rings (SSSR count). The van der Waals surface area contributed by atoms with Crippen molar-refractivity contribution in [1.82, 2.24) is 14.3 Å². The molecule has 0 radical (unpaired) electrons. The molecule has 0 saturated heterocycles. The molecule has 8 heteroatoms. The Balaban J connectivity index is 1.64. The lowest BCUT2D eigenvalue weighted by atomic mass is 10.2. The highest BCUT2D eigenvalue weighted by Crippen LogP contribution is 2.24. The minimum absolute atomic E-state index is 0.108. The maximum Gasteiger partial charge on any atom is 0.240 e. The summed E-state index contributed by atoms with van der Waals surface area (Å²) in [6.45, 7) is 2.79. The van der Waals surface area contributed by atoms with Gasteiger partial charge in [0.05, 0.1) is 10.6 Å². The van der Waals surface area contributed by atoms with Crippen LogP contribution in [0.3, 0.4) is 0 Å². The molecular weight excluding hydrogens is 325 g/mol. The highest BCUT2D eigenvalue weighted by atomic mass is 32.2. The van der Waals surface area contributed by atoms with E-state index in [0.29, 0.717) is 12.0 Å². The van der Waals surface area contributed by atoms with Crippen LogP contribution in [0.5, 0.6) is 0 Å². The van der Waals surface area contributed by atoms with Crippen LogP contribution in [0.15, 0.2) is 34.4 Å². The van der Waals surface area contributed by atoms with E-state index >= 15 is 0 Å². The third-order valence-corrected chi connectivity index (χ3v) is 6.04. The molecule has 5 nitrogen and oxygen atoms in total. The molecule has 0 amide bonds. The largest absolute Gasteiger partial charge is 0.325 e. The zero-order valence-corrected chi connectivity index (χ0v) is 13.7. The average Bonchev–Trinajstić information content (AvgIpc) is 2.98. The normalized spacial score (nSPS) is 14.3. The maximum atomic E-state index is 13.1. The van der Waals surface area contributed by atoms with E-state index in [0.717, 1.165) is 29.2 Å². The Hall–Kier alpha value is -1.38. The highest BCUT2D eigenvalue weighted by molar-refractivity contribution is 7.99. The zero-order valence-electron chi connectivity index (χ0n) is 12.0. The van der Waals surface area contributed by atoms with E-state index in [2.05, 4.69) is 14.3 Å². The smallest absolute Gasteiger partial charge is 0.240 e. The van der Waals surface area contributed by atoms with Gasteiger partial charge in [-0.25, -0.2) is 22.5 Å². The molecule has 22 heavy (non-hydrogen) atoms. The molecule has 1 N–H and O–H groups in total. The number of aromatic nitrogens is 2. The standard InChI is InChI=1S/C14H16FN3O2S2/c1-10-8-11(15)2-3-13(10)22(19,20)16-5-4-12-9-18-6-7-21-14(18)17-12/h2-3,8-9,16H,4-7H2,1H3. The van der Waals surface area contributed by atoms with Crippen LogP contribution in [0.2, 0.25) is 0 Å². The molecule has 1 aliphatic rings. The fourth-order valence-corrected chi connectivity index (χ4v) is 4.61. The molecule has 0 atom stereocenters. The van der Waals surface area contributed by atoms with Gasteiger partial charge in [0.1, 0.15) is 5.82 Å². The molecule has 0 saturated carbocycles. The number of fused-ring (bicyclic) bond motifs is 1. The van der Waals surface area contributed by atoms with Gasteiger partial charge in [-0.3, -0.25) is 0 Å². The SMILES string of the molecule is Cc1cc(F)ccc1S(=O)(=O)NCCc1cn2c(n1)SCC2. The van der Waals surface area contributed by atoms with Crippen molar-refractivity contribution < 1.29 is 12.8 Å². The van der Waals surface area contributed by atoms with E-state index in [1.807, 2.05) is 6.20 Å². The molecular formula is C14H16FN3O2S2. The number of sulfonamides is 1. The number of rotatable bonds is 5. The summed E-state index contributed by atoms with van der Waals surface area (Å²) in [6, 6.07) is 3.65. The van der Waals surface area contributed by atoms with Crippen LogP contribution in [0.1, 0.15) is 11.3 Å². The van der Waals surface area contributed by atoms with Gasteiger partial charge in [-0.15, -0.1) is 0 Å². The first-order valence-corrected chi connectivity index (χ1v) is 9.37. The molecule has 0 unspecified atom stereocenters. The molecule has 0 aliphatic carbocycles. The van der Waals surface area contributed by atoms with Gasteiger partial charge in [0.2, 0.25) is 10.0 Å². The molecule has 2 aromatic rings. The quantitative estimate of drug-likeness (QED) is 0.903. The number of hydrogen-bond donors (Lipinski definition) is 1. The van der Waals surface area contributed by atoms with Crippen molar-refractivity contribution in [3.8, 4) is 0 Å². The molecule has 118 valence electrons. The van der Waals surface area contributed by atoms with Crippen LogP contribution in [-0.2, 0) is 23.0 Å². The second kappa shape index (κ2) is 6.02. The summed E-state index contributed by atoms with van der Waals surface area (Å²) in [5.74, 6) is 0.598. The van der Waals surface area contributed by atoms with Crippen LogP contribution >= 0.6 is 11.8 Å². The topological polar surface area (TPSA) is 64.0 Å². The van der Waals surface area contributed by atoms with Gasteiger partial charge < -0.3 is 4.57 Å². The van der Waals surface area contributed by atoms with Gasteiger partial charge in [-0.2, -0.15) is 0 Å². The second-order valence-electron chi connectivity index (χ2n) is 5.11. The van der Waals surface area contributed by atoms with E-state index in [1.165, 1.54) is 12.1 Å². The fourth-order valence-electron chi connectivity index (χ4n) is 2.39. The Morgan fingerprint density at radius 2 is 2.27 bits per heavy atom. The highest BCUT2D eigenvalue weighted by Gasteiger charge is 2.18. The molecule has 1 aromatic carbocycles. The molecule has 2 heterocycles. The Morgan fingerprint density at radius 3 is 3.00 bits per heavy atom. The van der Waals surface area contributed by atoms with Crippen molar-refractivity contribution in [3.05, 3.63) is 41.5 Å². The Morgan fingerprint density at radius 1 is 1.45 bits per heavy atom. The number of aryl methyl sites for hydroxylation is 2. The molecule has 0 spiro atoms. The predicted octanol–water partition coefficient (Wildman–Crippen LogP) is 1.96. The lowest BCUT2D eigenvalue weighted by Gasteiger charge is -2.08. The van der Waals surface area contributed by atoms with Crippen molar-refractivity contribution in [1.29, 1.82) is 0 Å². The summed E-state index contributed by atoms with van der Waals surface area (Å²) in [5.41, 5.74) is 1.27. The first-order valence-electron chi connectivity index (χ1n) is 6.90.